The van der Waals surface area contributed by atoms with Gasteiger partial charge in [-0.05, 0) is 30.9 Å². The number of benzene rings is 1. The minimum Gasteiger partial charge on any atom is -0.388 e. The van der Waals surface area contributed by atoms with Crippen molar-refractivity contribution in [3.05, 3.63) is 34.9 Å². The molecule has 2 nitrogen and oxygen atoms in total. The fraction of sp³-hybridized carbons (Fsp3) is 0.538. The topological polar surface area (TPSA) is 29.5 Å². The minimum atomic E-state index is -0.533. The smallest absolute Gasteiger partial charge is 0.0831 e. The monoisotopic (exact) mass is 240 g/mol. The van der Waals surface area contributed by atoms with E-state index in [0.29, 0.717) is 11.4 Å². The lowest BCUT2D eigenvalue weighted by Gasteiger charge is -2.42. The summed E-state index contributed by atoms with van der Waals surface area (Å²) in [6.07, 6.45) is 3.35. The second kappa shape index (κ2) is 4.74. The van der Waals surface area contributed by atoms with Crippen LogP contribution in [0, 0.1) is 0 Å². The second-order valence-electron chi connectivity index (χ2n) is 4.48. The Bertz CT molecular complexity index is 355. The number of methoxy groups -OCH3 is 1. The Morgan fingerprint density at radius 1 is 1.44 bits per heavy atom. The molecule has 2 rings (SSSR count). The van der Waals surface area contributed by atoms with Crippen molar-refractivity contribution in [1.82, 2.24) is 0 Å². The van der Waals surface area contributed by atoms with Gasteiger partial charge in [-0.25, -0.2) is 0 Å². The fourth-order valence-corrected chi connectivity index (χ4v) is 2.53. The number of aliphatic hydroxyl groups excluding tert-OH is 1. The predicted molar refractivity (Wildman–Crippen MR) is 64.6 cm³/mol. The third kappa shape index (κ3) is 2.24. The summed E-state index contributed by atoms with van der Waals surface area (Å²) in [7, 11) is 1.72. The van der Waals surface area contributed by atoms with Crippen LogP contribution in [0.4, 0.5) is 0 Å². The molecule has 0 spiro atoms. The second-order valence-corrected chi connectivity index (χ2v) is 4.89. The Kier molecular flexibility index (Phi) is 3.53. The Morgan fingerprint density at radius 3 is 2.62 bits per heavy atom. The van der Waals surface area contributed by atoms with E-state index in [1.165, 1.54) is 6.42 Å². The van der Waals surface area contributed by atoms with Gasteiger partial charge in [0.15, 0.2) is 0 Å². The molecule has 1 atom stereocenters. The number of aliphatic hydroxyl groups is 1. The van der Waals surface area contributed by atoms with E-state index in [1.807, 2.05) is 18.2 Å². The first-order valence-corrected chi connectivity index (χ1v) is 6.02. The highest BCUT2D eigenvalue weighted by Crippen LogP contribution is 2.42. The van der Waals surface area contributed by atoms with Crippen molar-refractivity contribution in [3.63, 3.8) is 0 Å². The molecule has 88 valence electrons. The number of hydrogen-bond acceptors (Lipinski definition) is 2. The molecular formula is C13H17ClO2. The fourth-order valence-electron chi connectivity index (χ4n) is 2.27. The largest absolute Gasteiger partial charge is 0.388 e. The quantitative estimate of drug-likeness (QED) is 0.875. The van der Waals surface area contributed by atoms with E-state index in [9.17, 15) is 5.11 Å². The summed E-state index contributed by atoms with van der Waals surface area (Å²) in [4.78, 5) is 0. The maximum atomic E-state index is 10.2. The molecule has 0 aliphatic heterocycles. The number of halogens is 1. The minimum absolute atomic E-state index is 0.126. The van der Waals surface area contributed by atoms with Crippen molar-refractivity contribution in [2.75, 3.05) is 7.11 Å². The molecule has 3 heteroatoms. The zero-order valence-electron chi connectivity index (χ0n) is 9.45. The molecule has 0 bridgehead atoms. The maximum absolute atomic E-state index is 10.2. The van der Waals surface area contributed by atoms with Gasteiger partial charge in [-0.2, -0.15) is 0 Å². The van der Waals surface area contributed by atoms with Crippen molar-refractivity contribution < 1.29 is 9.84 Å². The van der Waals surface area contributed by atoms with Crippen LogP contribution in [-0.4, -0.2) is 17.8 Å². The molecule has 0 aromatic heterocycles. The van der Waals surface area contributed by atoms with E-state index < -0.39 is 6.10 Å². The van der Waals surface area contributed by atoms with Crippen LogP contribution in [0.5, 0.6) is 0 Å². The van der Waals surface area contributed by atoms with E-state index in [0.717, 1.165) is 18.4 Å². The molecule has 0 radical (unpaired) electrons. The van der Waals surface area contributed by atoms with Gasteiger partial charge in [0.05, 0.1) is 11.7 Å². The Balaban J connectivity index is 2.08. The maximum Gasteiger partial charge on any atom is 0.0831 e. The van der Waals surface area contributed by atoms with Crippen LogP contribution in [0.15, 0.2) is 24.3 Å². The van der Waals surface area contributed by atoms with Gasteiger partial charge in [-0.15, -0.1) is 0 Å². The summed E-state index contributed by atoms with van der Waals surface area (Å²) in [6.45, 7) is 0. The van der Waals surface area contributed by atoms with Gasteiger partial charge in [-0.3, -0.25) is 0 Å². The third-order valence-corrected chi connectivity index (χ3v) is 3.87. The third-order valence-electron chi connectivity index (χ3n) is 3.53. The van der Waals surface area contributed by atoms with E-state index in [4.69, 9.17) is 16.3 Å². The molecule has 1 aromatic carbocycles. The van der Waals surface area contributed by atoms with Gasteiger partial charge < -0.3 is 9.84 Å². The molecule has 0 heterocycles. The lowest BCUT2D eigenvalue weighted by molar-refractivity contribution is -0.0998. The molecular weight excluding hydrogens is 224 g/mol. The van der Waals surface area contributed by atoms with Gasteiger partial charge in [0.25, 0.3) is 0 Å². The first kappa shape index (κ1) is 11.9. The van der Waals surface area contributed by atoms with Crippen LogP contribution in [0.25, 0.3) is 0 Å². The standard InChI is InChI=1S/C13H17ClO2/c1-16-13(7-4-8-13)9-12(15)10-5-2-3-6-11(10)14/h2-3,5-6,12,15H,4,7-9H2,1H3. The zero-order valence-corrected chi connectivity index (χ0v) is 10.2. The van der Waals surface area contributed by atoms with Crippen molar-refractivity contribution in [3.8, 4) is 0 Å². The van der Waals surface area contributed by atoms with E-state index >= 15 is 0 Å². The lowest BCUT2D eigenvalue weighted by atomic mass is 9.75. The molecule has 1 N–H and O–H groups in total. The number of hydrogen-bond donors (Lipinski definition) is 1. The molecule has 16 heavy (non-hydrogen) atoms. The summed E-state index contributed by atoms with van der Waals surface area (Å²) in [5.41, 5.74) is 0.672. The summed E-state index contributed by atoms with van der Waals surface area (Å²) >= 11 is 6.05. The van der Waals surface area contributed by atoms with Gasteiger partial charge in [0.1, 0.15) is 0 Å². The Morgan fingerprint density at radius 2 is 2.12 bits per heavy atom. The first-order valence-electron chi connectivity index (χ1n) is 5.64. The summed E-state index contributed by atoms with van der Waals surface area (Å²) in [5.74, 6) is 0. The van der Waals surface area contributed by atoms with E-state index in [-0.39, 0.29) is 5.60 Å². The van der Waals surface area contributed by atoms with Crippen LogP contribution >= 0.6 is 11.6 Å². The molecule has 1 fully saturated rings. The van der Waals surface area contributed by atoms with Crippen molar-refractivity contribution in [2.45, 2.75) is 37.4 Å². The van der Waals surface area contributed by atoms with Crippen LogP contribution in [0.1, 0.15) is 37.4 Å². The molecule has 1 saturated carbocycles. The highest BCUT2D eigenvalue weighted by molar-refractivity contribution is 6.31. The molecule has 1 aliphatic rings. The normalized spacial score (nSPS) is 20.2. The van der Waals surface area contributed by atoms with Crippen molar-refractivity contribution in [1.29, 1.82) is 0 Å². The van der Waals surface area contributed by atoms with Gasteiger partial charge in [-0.1, -0.05) is 29.8 Å². The van der Waals surface area contributed by atoms with Crippen LogP contribution in [0.3, 0.4) is 0 Å². The lowest BCUT2D eigenvalue weighted by Crippen LogP contribution is -2.40. The molecule has 1 aliphatic carbocycles. The number of ether oxygens (including phenoxy) is 1. The number of rotatable bonds is 4. The summed E-state index contributed by atoms with van der Waals surface area (Å²) in [6, 6.07) is 7.44. The van der Waals surface area contributed by atoms with Gasteiger partial charge >= 0.3 is 0 Å². The highest BCUT2D eigenvalue weighted by Gasteiger charge is 2.39. The predicted octanol–water partition coefficient (Wildman–Crippen LogP) is 3.33. The van der Waals surface area contributed by atoms with E-state index in [1.54, 1.807) is 13.2 Å². The Labute approximate surface area is 101 Å². The van der Waals surface area contributed by atoms with Crippen molar-refractivity contribution in [2.24, 2.45) is 0 Å². The van der Waals surface area contributed by atoms with Gasteiger partial charge in [0, 0.05) is 18.6 Å². The summed E-state index contributed by atoms with van der Waals surface area (Å²) < 4.78 is 5.50. The summed E-state index contributed by atoms with van der Waals surface area (Å²) in [5, 5.41) is 10.8. The van der Waals surface area contributed by atoms with Crippen LogP contribution < -0.4 is 0 Å². The zero-order chi connectivity index (χ0) is 11.6. The Hall–Kier alpha value is -0.570. The molecule has 0 saturated heterocycles. The van der Waals surface area contributed by atoms with E-state index in [2.05, 4.69) is 0 Å². The van der Waals surface area contributed by atoms with Gasteiger partial charge in [0.2, 0.25) is 0 Å². The molecule has 1 aromatic rings. The molecule has 1 unspecified atom stereocenters. The SMILES string of the molecule is COC1(CC(O)c2ccccc2Cl)CCC1. The van der Waals surface area contributed by atoms with Crippen molar-refractivity contribution >= 4 is 11.6 Å². The highest BCUT2D eigenvalue weighted by atomic mass is 35.5. The molecule has 0 amide bonds. The average Bonchev–Trinajstić information content (AvgIpc) is 2.24. The van der Waals surface area contributed by atoms with Crippen LogP contribution in [0.2, 0.25) is 5.02 Å². The average molecular weight is 241 g/mol. The first-order chi connectivity index (χ1) is 7.67. The van der Waals surface area contributed by atoms with Crippen LogP contribution in [-0.2, 0) is 4.74 Å².